The summed E-state index contributed by atoms with van der Waals surface area (Å²) in [6.07, 6.45) is 3.38. The first kappa shape index (κ1) is 15.4. The van der Waals surface area contributed by atoms with Gasteiger partial charge in [0.15, 0.2) is 0 Å². The fraction of sp³-hybridized carbons (Fsp3) is 0.235. The van der Waals surface area contributed by atoms with E-state index in [1.807, 2.05) is 30.3 Å². The number of nitrogens with one attached hydrogen (secondary N) is 2. The first-order chi connectivity index (χ1) is 11.1. The molecular weight excluding hydrogens is 308 g/mol. The molecule has 3 aromatic rings. The van der Waals surface area contributed by atoms with Crippen LogP contribution >= 0.6 is 11.3 Å². The smallest absolute Gasteiger partial charge is 0.263 e. The van der Waals surface area contributed by atoms with Crippen molar-refractivity contribution < 1.29 is 4.79 Å². The molecule has 0 bridgehead atoms. The van der Waals surface area contributed by atoms with Gasteiger partial charge in [0.25, 0.3) is 5.91 Å². The number of carbonyl (C=O) groups excluding carboxylic acids is 1. The van der Waals surface area contributed by atoms with Crippen LogP contribution < -0.4 is 5.32 Å². The van der Waals surface area contributed by atoms with Crippen molar-refractivity contribution in [3.8, 4) is 11.3 Å². The van der Waals surface area contributed by atoms with E-state index < -0.39 is 0 Å². The van der Waals surface area contributed by atoms with Crippen LogP contribution in [0.2, 0.25) is 0 Å². The summed E-state index contributed by atoms with van der Waals surface area (Å²) in [5, 5.41) is 10.8. The fourth-order valence-corrected chi connectivity index (χ4v) is 2.98. The molecule has 0 saturated carbocycles. The molecule has 0 unspecified atom stereocenters. The van der Waals surface area contributed by atoms with E-state index in [1.165, 1.54) is 11.3 Å². The van der Waals surface area contributed by atoms with Crippen LogP contribution in [0.5, 0.6) is 0 Å². The number of nitrogens with zero attached hydrogens (tertiary/aromatic N) is 2. The summed E-state index contributed by atoms with van der Waals surface area (Å²) in [6.45, 7) is 4.64. The van der Waals surface area contributed by atoms with Crippen molar-refractivity contribution in [1.29, 1.82) is 0 Å². The van der Waals surface area contributed by atoms with Crippen molar-refractivity contribution in [3.05, 3.63) is 58.2 Å². The van der Waals surface area contributed by atoms with E-state index in [9.17, 15) is 4.79 Å². The summed E-state index contributed by atoms with van der Waals surface area (Å²) < 4.78 is 0. The maximum atomic E-state index is 12.2. The zero-order chi connectivity index (χ0) is 16.2. The summed E-state index contributed by atoms with van der Waals surface area (Å²) in [5.74, 6) is 0.267. The van der Waals surface area contributed by atoms with Gasteiger partial charge < -0.3 is 5.32 Å². The molecule has 0 fully saturated rings. The molecule has 1 amide bonds. The number of thiazole rings is 1. The van der Waals surface area contributed by atoms with Gasteiger partial charge in [-0.25, -0.2) is 4.98 Å². The average Bonchev–Trinajstić information content (AvgIpc) is 3.24. The molecule has 1 aromatic carbocycles. The number of amides is 1. The molecule has 23 heavy (non-hydrogen) atoms. The van der Waals surface area contributed by atoms with Crippen molar-refractivity contribution in [1.82, 2.24) is 20.5 Å². The highest BCUT2D eigenvalue weighted by molar-refractivity contribution is 7.13. The molecular formula is C17H18N4OS. The average molecular weight is 326 g/mol. The van der Waals surface area contributed by atoms with E-state index in [2.05, 4.69) is 34.3 Å². The molecule has 0 aliphatic heterocycles. The summed E-state index contributed by atoms with van der Waals surface area (Å²) in [5.41, 5.74) is 3.10. The van der Waals surface area contributed by atoms with Gasteiger partial charge in [-0.15, -0.1) is 11.3 Å². The third kappa shape index (κ3) is 3.65. The Labute approximate surface area is 138 Å². The second kappa shape index (κ2) is 6.75. The van der Waals surface area contributed by atoms with Crippen molar-refractivity contribution in [2.45, 2.75) is 26.3 Å². The van der Waals surface area contributed by atoms with Gasteiger partial charge in [-0.3, -0.25) is 9.89 Å². The Morgan fingerprint density at radius 3 is 2.65 bits per heavy atom. The number of aromatic nitrogens is 3. The van der Waals surface area contributed by atoms with Gasteiger partial charge in [-0.2, -0.15) is 5.10 Å². The van der Waals surface area contributed by atoms with Crippen LogP contribution in [0.4, 0.5) is 0 Å². The zero-order valence-corrected chi connectivity index (χ0v) is 13.9. The highest BCUT2D eigenvalue weighted by atomic mass is 32.1. The summed E-state index contributed by atoms with van der Waals surface area (Å²) in [4.78, 5) is 17.1. The van der Waals surface area contributed by atoms with Gasteiger partial charge in [0.2, 0.25) is 0 Å². The summed E-state index contributed by atoms with van der Waals surface area (Å²) >= 11 is 1.45. The van der Waals surface area contributed by atoms with Gasteiger partial charge in [-0.05, 0) is 17.2 Å². The van der Waals surface area contributed by atoms with Gasteiger partial charge in [-0.1, -0.05) is 38.1 Å². The molecule has 2 aromatic heterocycles. The van der Waals surface area contributed by atoms with Gasteiger partial charge in [0.05, 0.1) is 16.9 Å². The topological polar surface area (TPSA) is 70.7 Å². The first-order valence-corrected chi connectivity index (χ1v) is 8.28. The highest BCUT2D eigenvalue weighted by Gasteiger charge is 2.12. The molecule has 0 spiro atoms. The molecule has 0 saturated heterocycles. The van der Waals surface area contributed by atoms with E-state index >= 15 is 0 Å². The first-order valence-electron chi connectivity index (χ1n) is 7.46. The third-order valence-electron chi connectivity index (χ3n) is 3.46. The quantitative estimate of drug-likeness (QED) is 0.753. The standard InChI is InChI=1S/C17H18N4OS/c1-11(2)17-19-10-15(23-17)16(22)18-9-12-3-5-13(6-4-12)14-7-8-20-21-14/h3-8,10-11H,9H2,1-2H3,(H,18,22)(H,20,21). The number of H-pyrrole nitrogens is 1. The lowest BCUT2D eigenvalue weighted by Crippen LogP contribution is -2.21. The predicted octanol–water partition coefficient (Wildman–Crippen LogP) is 3.59. The lowest BCUT2D eigenvalue weighted by atomic mass is 10.1. The minimum atomic E-state index is -0.0768. The van der Waals surface area contributed by atoms with E-state index in [4.69, 9.17) is 0 Å². The Hall–Kier alpha value is -2.47. The normalized spacial score (nSPS) is 10.9. The zero-order valence-electron chi connectivity index (χ0n) is 13.0. The third-order valence-corrected chi connectivity index (χ3v) is 4.76. The number of hydrogen-bond donors (Lipinski definition) is 2. The predicted molar refractivity (Wildman–Crippen MR) is 91.4 cm³/mol. The van der Waals surface area contributed by atoms with E-state index in [0.717, 1.165) is 21.8 Å². The molecule has 0 atom stereocenters. The molecule has 118 valence electrons. The maximum absolute atomic E-state index is 12.2. The van der Waals surface area contributed by atoms with Crippen LogP contribution in [0.3, 0.4) is 0 Å². The molecule has 3 rings (SSSR count). The van der Waals surface area contributed by atoms with Crippen molar-refractivity contribution in [3.63, 3.8) is 0 Å². The second-order valence-corrected chi connectivity index (χ2v) is 6.63. The Bertz CT molecular complexity index is 775. The molecule has 0 radical (unpaired) electrons. The SMILES string of the molecule is CC(C)c1ncc(C(=O)NCc2ccc(-c3ccn[nH]3)cc2)s1. The highest BCUT2D eigenvalue weighted by Crippen LogP contribution is 2.21. The van der Waals surface area contributed by atoms with Crippen LogP contribution in [0.1, 0.15) is 40.0 Å². The number of rotatable bonds is 5. The van der Waals surface area contributed by atoms with Crippen molar-refractivity contribution >= 4 is 17.2 Å². The molecule has 5 nitrogen and oxygen atoms in total. The second-order valence-electron chi connectivity index (χ2n) is 5.57. The lowest BCUT2D eigenvalue weighted by Gasteiger charge is -2.05. The Morgan fingerprint density at radius 1 is 1.26 bits per heavy atom. The van der Waals surface area contributed by atoms with E-state index in [0.29, 0.717) is 17.3 Å². The fourth-order valence-electron chi connectivity index (χ4n) is 2.15. The van der Waals surface area contributed by atoms with Crippen LogP contribution in [0.15, 0.2) is 42.7 Å². The van der Waals surface area contributed by atoms with Gasteiger partial charge >= 0.3 is 0 Å². The Kier molecular flexibility index (Phi) is 4.52. The number of carbonyl (C=O) groups is 1. The Balaban J connectivity index is 1.60. The molecule has 2 heterocycles. The molecule has 2 N–H and O–H groups in total. The lowest BCUT2D eigenvalue weighted by molar-refractivity contribution is 0.0955. The number of hydrogen-bond acceptors (Lipinski definition) is 4. The summed E-state index contributed by atoms with van der Waals surface area (Å²) in [6, 6.07) is 9.95. The van der Waals surface area contributed by atoms with Crippen LogP contribution in [-0.2, 0) is 6.54 Å². The maximum Gasteiger partial charge on any atom is 0.263 e. The van der Waals surface area contributed by atoms with E-state index in [1.54, 1.807) is 12.4 Å². The number of aromatic amines is 1. The molecule has 0 aliphatic rings. The van der Waals surface area contributed by atoms with Crippen LogP contribution in [0.25, 0.3) is 11.3 Å². The van der Waals surface area contributed by atoms with Crippen LogP contribution in [0, 0.1) is 0 Å². The largest absolute Gasteiger partial charge is 0.347 e. The van der Waals surface area contributed by atoms with Gasteiger partial charge in [0.1, 0.15) is 4.88 Å². The Morgan fingerprint density at radius 2 is 2.04 bits per heavy atom. The van der Waals surface area contributed by atoms with Crippen molar-refractivity contribution in [2.75, 3.05) is 0 Å². The molecule has 6 heteroatoms. The van der Waals surface area contributed by atoms with E-state index in [-0.39, 0.29) is 5.91 Å². The van der Waals surface area contributed by atoms with Crippen molar-refractivity contribution in [2.24, 2.45) is 0 Å². The minimum absolute atomic E-state index is 0.0768. The molecule has 0 aliphatic carbocycles. The monoisotopic (exact) mass is 326 g/mol. The number of benzene rings is 1. The summed E-state index contributed by atoms with van der Waals surface area (Å²) in [7, 11) is 0. The minimum Gasteiger partial charge on any atom is -0.347 e. The van der Waals surface area contributed by atoms with Crippen LogP contribution in [-0.4, -0.2) is 21.1 Å². The van der Waals surface area contributed by atoms with Gasteiger partial charge in [0, 0.05) is 18.7 Å².